The van der Waals surface area contributed by atoms with Crippen LogP contribution in [0, 0.1) is 0 Å². The summed E-state index contributed by atoms with van der Waals surface area (Å²) in [5.74, 6) is 0. The van der Waals surface area contributed by atoms with E-state index in [1.54, 1.807) is 0 Å². The predicted molar refractivity (Wildman–Crippen MR) is 42.6 cm³/mol. The first-order chi connectivity index (χ1) is 5.33. The SMILES string of the molecule is CO[P+](=O)OC1CCCCC1. The van der Waals surface area contributed by atoms with E-state index in [-0.39, 0.29) is 6.10 Å². The third-order valence-corrected chi connectivity index (χ3v) is 2.70. The van der Waals surface area contributed by atoms with E-state index in [9.17, 15) is 4.57 Å². The van der Waals surface area contributed by atoms with Gasteiger partial charge in [0.1, 0.15) is 6.10 Å². The van der Waals surface area contributed by atoms with Crippen molar-refractivity contribution < 1.29 is 13.6 Å². The highest BCUT2D eigenvalue weighted by atomic mass is 31.1. The quantitative estimate of drug-likeness (QED) is 0.621. The minimum atomic E-state index is -1.85. The zero-order valence-corrected chi connectivity index (χ0v) is 7.68. The molecule has 1 saturated carbocycles. The highest BCUT2D eigenvalue weighted by Crippen LogP contribution is 2.31. The van der Waals surface area contributed by atoms with E-state index < -0.39 is 8.25 Å². The molecule has 0 heterocycles. The van der Waals surface area contributed by atoms with Crippen LogP contribution in [0.5, 0.6) is 0 Å². The lowest BCUT2D eigenvalue weighted by Gasteiger charge is -2.14. The second-order valence-corrected chi connectivity index (χ2v) is 3.79. The lowest BCUT2D eigenvalue weighted by atomic mass is 9.98. The van der Waals surface area contributed by atoms with Crippen molar-refractivity contribution in [2.24, 2.45) is 0 Å². The molecule has 0 radical (unpaired) electrons. The molecule has 1 aliphatic rings. The molecule has 4 heteroatoms. The van der Waals surface area contributed by atoms with Gasteiger partial charge in [-0.3, -0.25) is 0 Å². The Labute approximate surface area is 68.0 Å². The molecule has 0 N–H and O–H groups in total. The van der Waals surface area contributed by atoms with Crippen LogP contribution in [-0.4, -0.2) is 13.2 Å². The van der Waals surface area contributed by atoms with Crippen LogP contribution < -0.4 is 0 Å². The summed E-state index contributed by atoms with van der Waals surface area (Å²) in [6, 6.07) is 0. The van der Waals surface area contributed by atoms with Crippen molar-refractivity contribution in [1.29, 1.82) is 0 Å². The number of hydrogen-bond donors (Lipinski definition) is 0. The summed E-state index contributed by atoms with van der Waals surface area (Å²) < 4.78 is 20.5. The van der Waals surface area contributed by atoms with E-state index in [0.717, 1.165) is 12.8 Å². The van der Waals surface area contributed by atoms with Gasteiger partial charge in [0.15, 0.2) is 0 Å². The highest BCUT2D eigenvalue weighted by molar-refractivity contribution is 7.33. The lowest BCUT2D eigenvalue weighted by molar-refractivity contribution is 0.139. The standard InChI is InChI=1S/C7H14O3P/c1-9-11(8)10-7-5-3-2-4-6-7/h7H,2-6H2,1H3/q+1. The predicted octanol–water partition coefficient (Wildman–Crippen LogP) is 2.64. The molecule has 0 saturated heterocycles. The normalized spacial score (nSPS) is 21.7. The summed E-state index contributed by atoms with van der Waals surface area (Å²) in [5.41, 5.74) is 0. The average Bonchev–Trinajstić information content (AvgIpc) is 2.06. The fourth-order valence-corrected chi connectivity index (χ4v) is 1.88. The molecule has 0 aromatic heterocycles. The maximum absolute atomic E-state index is 10.8. The molecule has 0 aromatic rings. The molecule has 0 spiro atoms. The molecule has 3 nitrogen and oxygen atoms in total. The van der Waals surface area contributed by atoms with Gasteiger partial charge in [-0.15, -0.1) is 9.05 Å². The maximum Gasteiger partial charge on any atom is 0.697 e. The van der Waals surface area contributed by atoms with Crippen molar-refractivity contribution in [1.82, 2.24) is 0 Å². The molecule has 0 bridgehead atoms. The Bertz CT molecular complexity index is 132. The van der Waals surface area contributed by atoms with E-state index in [4.69, 9.17) is 4.52 Å². The van der Waals surface area contributed by atoms with Gasteiger partial charge in [-0.2, -0.15) is 0 Å². The first-order valence-electron chi connectivity index (χ1n) is 4.01. The van der Waals surface area contributed by atoms with E-state index >= 15 is 0 Å². The zero-order chi connectivity index (χ0) is 8.10. The van der Waals surface area contributed by atoms with Gasteiger partial charge in [0.05, 0.1) is 7.11 Å². The van der Waals surface area contributed by atoms with Crippen LogP contribution in [0.3, 0.4) is 0 Å². The van der Waals surface area contributed by atoms with Crippen LogP contribution in [0.1, 0.15) is 32.1 Å². The monoisotopic (exact) mass is 177 g/mol. The fraction of sp³-hybridized carbons (Fsp3) is 1.00. The topological polar surface area (TPSA) is 35.5 Å². The molecule has 1 unspecified atom stereocenters. The van der Waals surface area contributed by atoms with Gasteiger partial charge in [-0.25, -0.2) is 0 Å². The first-order valence-corrected chi connectivity index (χ1v) is 5.10. The van der Waals surface area contributed by atoms with Crippen LogP contribution in [0.25, 0.3) is 0 Å². The Morgan fingerprint density at radius 2 is 1.91 bits per heavy atom. The minimum absolute atomic E-state index is 0.173. The third kappa shape index (κ3) is 3.28. The van der Waals surface area contributed by atoms with Gasteiger partial charge in [-0.1, -0.05) is 19.3 Å². The van der Waals surface area contributed by atoms with Crippen LogP contribution in [0.15, 0.2) is 0 Å². The Kier molecular flexibility index (Phi) is 3.98. The maximum atomic E-state index is 10.8. The average molecular weight is 177 g/mol. The van der Waals surface area contributed by atoms with Crippen LogP contribution in [0.4, 0.5) is 0 Å². The van der Waals surface area contributed by atoms with Crippen molar-refractivity contribution in [2.45, 2.75) is 38.2 Å². The largest absolute Gasteiger partial charge is 0.697 e. The second-order valence-electron chi connectivity index (χ2n) is 2.77. The Hall–Kier alpha value is 0.0200. The number of hydrogen-bond acceptors (Lipinski definition) is 3. The lowest BCUT2D eigenvalue weighted by Crippen LogP contribution is -2.13. The molecule has 0 aromatic carbocycles. The Balaban J connectivity index is 2.19. The van der Waals surface area contributed by atoms with Crippen molar-refractivity contribution in [3.8, 4) is 0 Å². The summed E-state index contributed by atoms with van der Waals surface area (Å²) in [7, 11) is -0.447. The van der Waals surface area contributed by atoms with Gasteiger partial charge in [0, 0.05) is 4.57 Å². The molecule has 1 aliphatic carbocycles. The van der Waals surface area contributed by atoms with Crippen molar-refractivity contribution in [3.63, 3.8) is 0 Å². The van der Waals surface area contributed by atoms with E-state index in [0.29, 0.717) is 0 Å². The molecule has 1 rings (SSSR count). The molecule has 1 atom stereocenters. The van der Waals surface area contributed by atoms with Gasteiger partial charge < -0.3 is 0 Å². The van der Waals surface area contributed by atoms with Crippen LogP contribution in [-0.2, 0) is 13.6 Å². The summed E-state index contributed by atoms with van der Waals surface area (Å²) in [6.45, 7) is 0. The molecule has 0 aliphatic heterocycles. The molecular formula is C7H14O3P+. The van der Waals surface area contributed by atoms with Crippen LogP contribution in [0.2, 0.25) is 0 Å². The fourth-order valence-electron chi connectivity index (χ4n) is 1.34. The Morgan fingerprint density at radius 1 is 1.27 bits per heavy atom. The second kappa shape index (κ2) is 4.81. The first kappa shape index (κ1) is 9.11. The van der Waals surface area contributed by atoms with Crippen molar-refractivity contribution in [2.75, 3.05) is 7.11 Å². The smallest absolute Gasteiger partial charge is 0.122 e. The van der Waals surface area contributed by atoms with Gasteiger partial charge in [-0.05, 0) is 12.8 Å². The van der Waals surface area contributed by atoms with Crippen molar-refractivity contribution >= 4 is 8.25 Å². The molecule has 64 valence electrons. The van der Waals surface area contributed by atoms with Gasteiger partial charge in [0.2, 0.25) is 0 Å². The zero-order valence-electron chi connectivity index (χ0n) is 6.78. The molecule has 1 fully saturated rings. The van der Waals surface area contributed by atoms with E-state index in [1.165, 1.54) is 26.4 Å². The molecular weight excluding hydrogens is 163 g/mol. The van der Waals surface area contributed by atoms with Gasteiger partial charge >= 0.3 is 8.25 Å². The summed E-state index contributed by atoms with van der Waals surface area (Å²) in [5, 5.41) is 0. The minimum Gasteiger partial charge on any atom is -0.122 e. The van der Waals surface area contributed by atoms with E-state index in [2.05, 4.69) is 4.52 Å². The summed E-state index contributed by atoms with van der Waals surface area (Å²) in [4.78, 5) is 0. The van der Waals surface area contributed by atoms with Crippen molar-refractivity contribution in [3.05, 3.63) is 0 Å². The Morgan fingerprint density at radius 3 is 2.45 bits per heavy atom. The third-order valence-electron chi connectivity index (χ3n) is 1.94. The summed E-state index contributed by atoms with van der Waals surface area (Å²) >= 11 is 0. The molecule has 11 heavy (non-hydrogen) atoms. The summed E-state index contributed by atoms with van der Waals surface area (Å²) in [6.07, 6.45) is 5.90. The number of rotatable bonds is 3. The van der Waals surface area contributed by atoms with Gasteiger partial charge in [0.25, 0.3) is 0 Å². The highest BCUT2D eigenvalue weighted by Gasteiger charge is 2.26. The molecule has 0 amide bonds. The van der Waals surface area contributed by atoms with Crippen LogP contribution >= 0.6 is 8.25 Å². The van der Waals surface area contributed by atoms with E-state index in [1.807, 2.05) is 0 Å².